The van der Waals surface area contributed by atoms with Gasteiger partial charge < -0.3 is 4.90 Å². The molecule has 0 saturated carbocycles. The Morgan fingerprint density at radius 3 is 0.489 bits per heavy atom. The third-order valence-corrected chi connectivity index (χ3v) is 10.8. The highest BCUT2D eigenvalue weighted by Gasteiger charge is 2.00. The fourth-order valence-electron chi connectivity index (χ4n) is 7.39. The molecule has 0 fully saturated rings. The molecule has 0 unspecified atom stereocenters. The summed E-state index contributed by atoms with van der Waals surface area (Å²) in [5, 5.41) is 0. The Labute approximate surface area is 307 Å². The van der Waals surface area contributed by atoms with Crippen molar-refractivity contribution in [2.75, 3.05) is 20.1 Å². The molecule has 286 valence electrons. The van der Waals surface area contributed by atoms with Crippen LogP contribution in [0.1, 0.15) is 271 Å². The average Bonchev–Trinajstić information content (AvgIpc) is 3.06. The number of rotatable bonds is 42. The highest BCUT2D eigenvalue weighted by Crippen LogP contribution is 2.17. The minimum Gasteiger partial charge on any atom is -0.306 e. The van der Waals surface area contributed by atoms with Crippen molar-refractivity contribution < 1.29 is 0 Å². The van der Waals surface area contributed by atoms with E-state index in [4.69, 9.17) is 0 Å². The highest BCUT2D eigenvalue weighted by molar-refractivity contribution is 5.85. The molecule has 0 aliphatic heterocycles. The molecule has 0 bridgehead atoms. The standard InChI is InChI=1S/C45H93N.ClH/c1-4-6-8-10-12-14-16-18-20-22-24-26-28-30-32-34-36-38-40-42-44-46(3)45-43-41-39-37-35-33-31-29-27-25-23-21-19-17-15-13-11-9-7-5-2;/h4-45H2,1-3H3;1H. The van der Waals surface area contributed by atoms with Crippen LogP contribution in [0.4, 0.5) is 0 Å². The molecule has 0 aliphatic carbocycles. The lowest BCUT2D eigenvalue weighted by Crippen LogP contribution is -2.20. The van der Waals surface area contributed by atoms with Crippen molar-refractivity contribution >= 4 is 12.4 Å². The zero-order chi connectivity index (χ0) is 33.3. The van der Waals surface area contributed by atoms with Crippen LogP contribution in [0.2, 0.25) is 0 Å². The number of halogens is 1. The van der Waals surface area contributed by atoms with E-state index in [0.29, 0.717) is 0 Å². The van der Waals surface area contributed by atoms with Crippen LogP contribution in [0, 0.1) is 0 Å². The van der Waals surface area contributed by atoms with Gasteiger partial charge in [-0.1, -0.05) is 258 Å². The van der Waals surface area contributed by atoms with E-state index in [1.54, 1.807) is 0 Å². The minimum atomic E-state index is 0. The summed E-state index contributed by atoms with van der Waals surface area (Å²) < 4.78 is 0. The lowest BCUT2D eigenvalue weighted by atomic mass is 10.0. The molecule has 1 nitrogen and oxygen atoms in total. The first kappa shape index (κ1) is 49.4. The van der Waals surface area contributed by atoms with Crippen molar-refractivity contribution in [3.8, 4) is 0 Å². The van der Waals surface area contributed by atoms with Crippen molar-refractivity contribution in [1.82, 2.24) is 4.90 Å². The van der Waals surface area contributed by atoms with E-state index in [0.717, 1.165) is 0 Å². The van der Waals surface area contributed by atoms with Crippen LogP contribution in [0.3, 0.4) is 0 Å². The Bertz CT molecular complexity index is 464. The van der Waals surface area contributed by atoms with Crippen molar-refractivity contribution in [2.24, 2.45) is 0 Å². The van der Waals surface area contributed by atoms with Crippen molar-refractivity contribution in [3.63, 3.8) is 0 Å². The van der Waals surface area contributed by atoms with Gasteiger partial charge in [0.15, 0.2) is 0 Å². The van der Waals surface area contributed by atoms with Gasteiger partial charge in [0.1, 0.15) is 0 Å². The van der Waals surface area contributed by atoms with Gasteiger partial charge in [-0.15, -0.1) is 12.4 Å². The molecule has 0 heterocycles. The van der Waals surface area contributed by atoms with Gasteiger partial charge in [0, 0.05) is 0 Å². The van der Waals surface area contributed by atoms with Gasteiger partial charge >= 0.3 is 0 Å². The first-order valence-corrected chi connectivity index (χ1v) is 22.5. The van der Waals surface area contributed by atoms with Crippen molar-refractivity contribution in [3.05, 3.63) is 0 Å². The van der Waals surface area contributed by atoms with Crippen LogP contribution >= 0.6 is 12.4 Å². The van der Waals surface area contributed by atoms with E-state index in [2.05, 4.69) is 25.8 Å². The summed E-state index contributed by atoms with van der Waals surface area (Å²) in [7, 11) is 2.35. The lowest BCUT2D eigenvalue weighted by molar-refractivity contribution is 0.314. The fraction of sp³-hybridized carbons (Fsp3) is 1.00. The second kappa shape index (κ2) is 46.2. The molecule has 0 N–H and O–H groups in total. The van der Waals surface area contributed by atoms with Gasteiger partial charge in [-0.05, 0) is 33.0 Å². The summed E-state index contributed by atoms with van der Waals surface area (Å²) in [5.41, 5.74) is 0. The van der Waals surface area contributed by atoms with Gasteiger partial charge in [0.05, 0.1) is 0 Å². The molecule has 0 rings (SSSR count). The monoisotopic (exact) mass is 684 g/mol. The lowest BCUT2D eigenvalue weighted by Gasteiger charge is -2.16. The summed E-state index contributed by atoms with van der Waals surface area (Å²) in [4.78, 5) is 2.60. The van der Waals surface area contributed by atoms with Gasteiger partial charge in [0.2, 0.25) is 0 Å². The third kappa shape index (κ3) is 46.2. The van der Waals surface area contributed by atoms with E-state index >= 15 is 0 Å². The predicted octanol–water partition coefficient (Wildman–Crippen LogP) is 17.0. The molecule has 0 aromatic rings. The Morgan fingerprint density at radius 2 is 0.340 bits per heavy atom. The van der Waals surface area contributed by atoms with E-state index in [1.165, 1.54) is 270 Å². The third-order valence-electron chi connectivity index (χ3n) is 10.8. The number of hydrogen-bond donors (Lipinski definition) is 0. The second-order valence-electron chi connectivity index (χ2n) is 15.7. The quantitative estimate of drug-likeness (QED) is 0.0579. The maximum absolute atomic E-state index is 2.60. The highest BCUT2D eigenvalue weighted by atomic mass is 35.5. The fourth-order valence-corrected chi connectivity index (χ4v) is 7.39. The Hall–Kier alpha value is 0.250. The molecule has 0 amide bonds. The van der Waals surface area contributed by atoms with Crippen LogP contribution < -0.4 is 0 Å². The summed E-state index contributed by atoms with van der Waals surface area (Å²) in [6, 6.07) is 0. The Kier molecular flexibility index (Phi) is 48.6. The smallest absolute Gasteiger partial charge is 0.00218 e. The largest absolute Gasteiger partial charge is 0.306 e. The number of unbranched alkanes of at least 4 members (excludes halogenated alkanes) is 38. The molecule has 0 radical (unpaired) electrons. The van der Waals surface area contributed by atoms with Gasteiger partial charge in [-0.2, -0.15) is 0 Å². The van der Waals surface area contributed by atoms with E-state index < -0.39 is 0 Å². The molecule has 0 spiro atoms. The molecule has 2 heteroatoms. The van der Waals surface area contributed by atoms with E-state index in [9.17, 15) is 0 Å². The topological polar surface area (TPSA) is 3.24 Å². The Balaban J connectivity index is 0. The summed E-state index contributed by atoms with van der Waals surface area (Å²) in [6.07, 6.45) is 58.8. The van der Waals surface area contributed by atoms with E-state index in [-0.39, 0.29) is 12.4 Å². The maximum atomic E-state index is 2.60. The number of hydrogen-bond acceptors (Lipinski definition) is 1. The van der Waals surface area contributed by atoms with Crippen LogP contribution in [0.15, 0.2) is 0 Å². The van der Waals surface area contributed by atoms with Gasteiger partial charge in [0.25, 0.3) is 0 Å². The SMILES string of the molecule is CCCCCCCCCCCCCCCCCCCCCCN(C)CCCCCCCCCCCCCCCCCCCCCC.Cl. The molecule has 0 aromatic heterocycles. The number of nitrogens with zero attached hydrogens (tertiary/aromatic N) is 1. The van der Waals surface area contributed by atoms with Crippen molar-refractivity contribution in [2.45, 2.75) is 271 Å². The first-order valence-electron chi connectivity index (χ1n) is 22.5. The average molecular weight is 685 g/mol. The first-order chi connectivity index (χ1) is 22.8. The molecular formula is C45H94ClN. The van der Waals surface area contributed by atoms with Crippen molar-refractivity contribution in [1.29, 1.82) is 0 Å². The molecule has 0 atom stereocenters. The van der Waals surface area contributed by atoms with Gasteiger partial charge in [-0.3, -0.25) is 0 Å². The molecule has 0 saturated heterocycles. The zero-order valence-electron chi connectivity index (χ0n) is 33.6. The van der Waals surface area contributed by atoms with E-state index in [1.807, 2.05) is 0 Å². The summed E-state index contributed by atoms with van der Waals surface area (Å²) >= 11 is 0. The molecule has 47 heavy (non-hydrogen) atoms. The normalized spacial score (nSPS) is 11.5. The van der Waals surface area contributed by atoms with Crippen LogP contribution in [-0.2, 0) is 0 Å². The second-order valence-corrected chi connectivity index (χ2v) is 15.7. The predicted molar refractivity (Wildman–Crippen MR) is 221 cm³/mol. The summed E-state index contributed by atoms with van der Waals surface area (Å²) in [6.45, 7) is 7.26. The minimum absolute atomic E-state index is 0. The maximum Gasteiger partial charge on any atom is -0.00218 e. The van der Waals surface area contributed by atoms with Crippen LogP contribution in [-0.4, -0.2) is 25.0 Å². The zero-order valence-corrected chi connectivity index (χ0v) is 34.4. The van der Waals surface area contributed by atoms with Crippen LogP contribution in [0.5, 0.6) is 0 Å². The summed E-state index contributed by atoms with van der Waals surface area (Å²) in [5.74, 6) is 0. The molecule has 0 aliphatic rings. The molecule has 0 aromatic carbocycles. The van der Waals surface area contributed by atoms with Gasteiger partial charge in [-0.25, -0.2) is 0 Å². The molecular weight excluding hydrogens is 590 g/mol. The Morgan fingerprint density at radius 1 is 0.213 bits per heavy atom. The van der Waals surface area contributed by atoms with Crippen LogP contribution in [0.25, 0.3) is 0 Å².